The van der Waals surface area contributed by atoms with E-state index in [9.17, 15) is 4.79 Å². The summed E-state index contributed by atoms with van der Waals surface area (Å²) in [6.45, 7) is 9.54. The van der Waals surface area contributed by atoms with Gasteiger partial charge in [0.1, 0.15) is 0 Å². The molecule has 0 atom stereocenters. The van der Waals surface area contributed by atoms with Crippen LogP contribution in [0, 0.1) is 20.8 Å². The quantitative estimate of drug-likeness (QED) is 0.534. The van der Waals surface area contributed by atoms with Gasteiger partial charge >= 0.3 is 0 Å². The number of carbonyl (C=O) groups is 1. The Hall–Kier alpha value is -2.80. The van der Waals surface area contributed by atoms with Gasteiger partial charge in [-0.05, 0) is 63.1 Å². The first-order valence-electron chi connectivity index (χ1n) is 9.68. The number of hydrogen-bond acceptors (Lipinski definition) is 5. The molecule has 0 radical (unpaired) electrons. The molecule has 2 aromatic carbocycles. The summed E-state index contributed by atoms with van der Waals surface area (Å²) in [6, 6.07) is 14.2. The molecule has 0 aliphatic rings. The SMILES string of the molecule is CCn1c(CNc2ccc(C)cc2)nnc1SCC(=O)Nc1ccc(C)c(C)c1. The summed E-state index contributed by atoms with van der Waals surface area (Å²) in [6.07, 6.45) is 0. The summed E-state index contributed by atoms with van der Waals surface area (Å²) in [5.74, 6) is 1.09. The van der Waals surface area contributed by atoms with Crippen LogP contribution in [0.3, 0.4) is 0 Å². The van der Waals surface area contributed by atoms with Gasteiger partial charge in [-0.25, -0.2) is 0 Å². The fourth-order valence-electron chi connectivity index (χ4n) is 2.87. The zero-order valence-corrected chi connectivity index (χ0v) is 18.1. The number of thioether (sulfide) groups is 1. The van der Waals surface area contributed by atoms with Crippen LogP contribution in [0.25, 0.3) is 0 Å². The monoisotopic (exact) mass is 409 g/mol. The Morgan fingerprint density at radius 1 is 1.00 bits per heavy atom. The number of aryl methyl sites for hydroxylation is 3. The number of rotatable bonds is 8. The van der Waals surface area contributed by atoms with E-state index in [-0.39, 0.29) is 11.7 Å². The number of aromatic nitrogens is 3. The van der Waals surface area contributed by atoms with Gasteiger partial charge in [-0.2, -0.15) is 0 Å². The molecule has 1 aromatic heterocycles. The highest BCUT2D eigenvalue weighted by molar-refractivity contribution is 7.99. The molecule has 1 amide bonds. The lowest BCUT2D eigenvalue weighted by atomic mass is 10.1. The van der Waals surface area contributed by atoms with Crippen LogP contribution in [0.5, 0.6) is 0 Å². The first-order valence-corrected chi connectivity index (χ1v) is 10.7. The first kappa shape index (κ1) is 20.9. The van der Waals surface area contributed by atoms with Gasteiger partial charge in [0.2, 0.25) is 5.91 Å². The molecule has 6 nitrogen and oxygen atoms in total. The Kier molecular flexibility index (Phi) is 6.93. The lowest BCUT2D eigenvalue weighted by molar-refractivity contribution is -0.113. The molecule has 3 aromatic rings. The molecule has 29 heavy (non-hydrogen) atoms. The molecule has 0 saturated heterocycles. The average molecular weight is 410 g/mol. The largest absolute Gasteiger partial charge is 0.378 e. The molecular weight excluding hydrogens is 382 g/mol. The van der Waals surface area contributed by atoms with Crippen molar-refractivity contribution in [2.24, 2.45) is 0 Å². The van der Waals surface area contributed by atoms with E-state index in [4.69, 9.17) is 0 Å². The Morgan fingerprint density at radius 3 is 2.41 bits per heavy atom. The number of nitrogens with one attached hydrogen (secondary N) is 2. The fourth-order valence-corrected chi connectivity index (χ4v) is 3.69. The minimum Gasteiger partial charge on any atom is -0.378 e. The Morgan fingerprint density at radius 2 is 1.72 bits per heavy atom. The maximum Gasteiger partial charge on any atom is 0.234 e. The maximum absolute atomic E-state index is 12.3. The minimum absolute atomic E-state index is 0.0526. The fraction of sp³-hybridized carbons (Fsp3) is 0.318. The number of nitrogens with zero attached hydrogens (tertiary/aromatic N) is 3. The Balaban J connectivity index is 1.57. The number of benzene rings is 2. The standard InChI is InChI=1S/C22H27N5OS/c1-5-27-20(13-23-18-9-6-15(2)7-10-18)25-26-22(27)29-14-21(28)24-19-11-8-16(3)17(4)12-19/h6-12,23H,5,13-14H2,1-4H3,(H,24,28). The van der Waals surface area contributed by atoms with Gasteiger partial charge in [0.25, 0.3) is 0 Å². The second-order valence-electron chi connectivity index (χ2n) is 7.00. The van der Waals surface area contributed by atoms with Crippen LogP contribution in [0.4, 0.5) is 11.4 Å². The van der Waals surface area contributed by atoms with E-state index in [1.807, 2.05) is 29.7 Å². The van der Waals surface area contributed by atoms with Crippen molar-refractivity contribution in [2.75, 3.05) is 16.4 Å². The summed E-state index contributed by atoms with van der Waals surface area (Å²) in [5.41, 5.74) is 5.46. The van der Waals surface area contributed by atoms with Crippen molar-refractivity contribution in [2.45, 2.75) is 45.9 Å². The van der Waals surface area contributed by atoms with Crippen molar-refractivity contribution in [1.82, 2.24) is 14.8 Å². The summed E-state index contributed by atoms with van der Waals surface area (Å²) >= 11 is 1.40. The van der Waals surface area contributed by atoms with Crippen LogP contribution in [-0.2, 0) is 17.9 Å². The maximum atomic E-state index is 12.3. The molecule has 0 fully saturated rings. The third-order valence-electron chi connectivity index (χ3n) is 4.73. The third kappa shape index (κ3) is 5.60. The van der Waals surface area contributed by atoms with Crippen molar-refractivity contribution in [1.29, 1.82) is 0 Å². The number of carbonyl (C=O) groups excluding carboxylic acids is 1. The zero-order valence-electron chi connectivity index (χ0n) is 17.3. The van der Waals surface area contributed by atoms with Crippen molar-refractivity contribution >= 4 is 29.0 Å². The van der Waals surface area contributed by atoms with Gasteiger partial charge in [0.05, 0.1) is 12.3 Å². The molecule has 0 saturated carbocycles. The Bertz CT molecular complexity index is 981. The highest BCUT2D eigenvalue weighted by Gasteiger charge is 2.13. The van der Waals surface area contributed by atoms with Gasteiger partial charge in [-0.3, -0.25) is 4.79 Å². The summed E-state index contributed by atoms with van der Waals surface area (Å²) in [4.78, 5) is 12.3. The van der Waals surface area contributed by atoms with E-state index >= 15 is 0 Å². The summed E-state index contributed by atoms with van der Waals surface area (Å²) < 4.78 is 2.04. The van der Waals surface area contributed by atoms with Crippen molar-refractivity contribution in [3.8, 4) is 0 Å². The topological polar surface area (TPSA) is 71.8 Å². The molecule has 0 spiro atoms. The Labute approximate surface area is 176 Å². The van der Waals surface area contributed by atoms with E-state index in [1.54, 1.807) is 0 Å². The number of hydrogen-bond donors (Lipinski definition) is 2. The van der Waals surface area contributed by atoms with Gasteiger partial charge in [0.15, 0.2) is 11.0 Å². The average Bonchev–Trinajstić information content (AvgIpc) is 3.10. The van der Waals surface area contributed by atoms with E-state index < -0.39 is 0 Å². The second kappa shape index (κ2) is 9.60. The highest BCUT2D eigenvalue weighted by atomic mass is 32.2. The third-order valence-corrected chi connectivity index (χ3v) is 5.70. The van der Waals surface area contributed by atoms with Crippen molar-refractivity contribution < 1.29 is 4.79 Å². The molecule has 0 unspecified atom stereocenters. The van der Waals surface area contributed by atoms with Crippen LogP contribution in [-0.4, -0.2) is 26.4 Å². The minimum atomic E-state index is -0.0526. The highest BCUT2D eigenvalue weighted by Crippen LogP contribution is 2.19. The lowest BCUT2D eigenvalue weighted by Gasteiger charge is -2.10. The normalized spacial score (nSPS) is 10.8. The number of anilines is 2. The van der Waals surface area contributed by atoms with Crippen molar-refractivity contribution in [3.05, 3.63) is 65.0 Å². The van der Waals surface area contributed by atoms with Crippen molar-refractivity contribution in [3.63, 3.8) is 0 Å². The predicted molar refractivity (Wildman–Crippen MR) is 119 cm³/mol. The molecule has 3 rings (SSSR count). The molecule has 0 aliphatic carbocycles. The van der Waals surface area contributed by atoms with E-state index in [1.165, 1.54) is 22.9 Å². The lowest BCUT2D eigenvalue weighted by Crippen LogP contribution is -2.15. The van der Waals surface area contributed by atoms with Crippen LogP contribution in [0.1, 0.15) is 29.4 Å². The molecule has 7 heteroatoms. The number of amides is 1. The molecule has 1 heterocycles. The molecule has 152 valence electrons. The van der Waals surface area contributed by atoms with Gasteiger partial charge in [-0.15, -0.1) is 10.2 Å². The second-order valence-corrected chi connectivity index (χ2v) is 7.94. The molecule has 0 bridgehead atoms. The van der Waals surface area contributed by atoms with Gasteiger partial charge in [-0.1, -0.05) is 35.5 Å². The summed E-state index contributed by atoms with van der Waals surface area (Å²) in [5, 5.41) is 15.6. The van der Waals surface area contributed by atoms with Gasteiger partial charge in [0, 0.05) is 17.9 Å². The smallest absolute Gasteiger partial charge is 0.234 e. The van der Waals surface area contributed by atoms with E-state index in [2.05, 4.69) is 65.9 Å². The van der Waals surface area contributed by atoms with Crippen LogP contribution in [0.2, 0.25) is 0 Å². The van der Waals surface area contributed by atoms with Crippen LogP contribution in [0.15, 0.2) is 47.6 Å². The van der Waals surface area contributed by atoms with Crippen LogP contribution < -0.4 is 10.6 Å². The summed E-state index contributed by atoms with van der Waals surface area (Å²) in [7, 11) is 0. The van der Waals surface area contributed by atoms with Gasteiger partial charge < -0.3 is 15.2 Å². The van der Waals surface area contributed by atoms with E-state index in [0.29, 0.717) is 6.54 Å². The zero-order chi connectivity index (χ0) is 20.8. The molecule has 2 N–H and O–H groups in total. The first-order chi connectivity index (χ1) is 14.0. The molecule has 0 aliphatic heterocycles. The molecular formula is C22H27N5OS. The predicted octanol–water partition coefficient (Wildman–Crippen LogP) is 4.57. The van der Waals surface area contributed by atoms with Crippen LogP contribution >= 0.6 is 11.8 Å². The van der Waals surface area contributed by atoms with E-state index in [0.717, 1.165) is 34.5 Å².